The molecule has 34 heavy (non-hydrogen) atoms. The van der Waals surface area contributed by atoms with Gasteiger partial charge in [0, 0.05) is 17.8 Å². The second-order valence-electron chi connectivity index (χ2n) is 8.96. The number of rotatable bonds is 3. The molecule has 2 atom stereocenters. The fourth-order valence-electron chi connectivity index (χ4n) is 5.37. The maximum absolute atomic E-state index is 13.8. The summed E-state index contributed by atoms with van der Waals surface area (Å²) in [5.74, 6) is -0.0493. The lowest BCUT2D eigenvalue weighted by Crippen LogP contribution is -2.41. The fourth-order valence-corrected chi connectivity index (χ4v) is 7.02. The Morgan fingerprint density at radius 3 is 2.50 bits per heavy atom. The molecule has 1 N–H and O–H groups in total. The molecule has 2 unspecified atom stereocenters. The van der Waals surface area contributed by atoms with E-state index in [1.54, 1.807) is 24.3 Å². The Morgan fingerprint density at radius 2 is 1.62 bits per heavy atom. The van der Waals surface area contributed by atoms with Crippen molar-refractivity contribution < 1.29 is 8.42 Å². The molecule has 4 heteroatoms. The van der Waals surface area contributed by atoms with Crippen molar-refractivity contribution in [2.75, 3.05) is 0 Å². The van der Waals surface area contributed by atoms with E-state index in [0.29, 0.717) is 11.3 Å². The maximum Gasteiger partial charge on any atom is 0.184 e. The Hall–Kier alpha value is -3.63. The average molecular weight is 464 g/mol. The van der Waals surface area contributed by atoms with Crippen LogP contribution in [-0.2, 0) is 16.3 Å². The summed E-state index contributed by atoms with van der Waals surface area (Å²) in [4.78, 5) is 0.375. The molecular weight excluding hydrogens is 438 g/mol. The first-order valence-corrected chi connectivity index (χ1v) is 13.2. The molecule has 1 heterocycles. The van der Waals surface area contributed by atoms with E-state index >= 15 is 0 Å². The second kappa shape index (κ2) is 8.30. The number of hydrogen-bond acceptors (Lipinski definition) is 3. The average Bonchev–Trinajstić information content (AvgIpc) is 3.17. The molecule has 0 saturated carbocycles. The standard InChI is InChI=1S/C30H25NO2S/c32-34(33,22-10-3-1-4-11-22)23-19-28-26-15-14-21-9-6-7-12-24(21)25(26)16-17-27(28)29(20-23)30-13-5-2-8-18-31-30/h1-13,15-19,23,29,31H,14,20H2. The highest BCUT2D eigenvalue weighted by molar-refractivity contribution is 7.92. The van der Waals surface area contributed by atoms with Gasteiger partial charge in [-0.25, -0.2) is 8.42 Å². The van der Waals surface area contributed by atoms with Crippen LogP contribution in [0.15, 0.2) is 108 Å². The molecule has 3 aliphatic rings. The highest BCUT2D eigenvalue weighted by Gasteiger charge is 2.34. The SMILES string of the molecule is O=S(=O)(c1ccccc1)C1C=c2c(ccc3c2=CCc2ccccc2-3)C(C2=CC=CC=CN2)C1. The zero-order valence-corrected chi connectivity index (χ0v) is 19.5. The molecule has 0 bridgehead atoms. The third kappa shape index (κ3) is 3.46. The first-order valence-electron chi connectivity index (χ1n) is 11.6. The summed E-state index contributed by atoms with van der Waals surface area (Å²) >= 11 is 0. The van der Waals surface area contributed by atoms with Gasteiger partial charge in [0.25, 0.3) is 0 Å². The Kier molecular flexibility index (Phi) is 5.11. The molecule has 0 saturated heterocycles. The van der Waals surface area contributed by atoms with E-state index < -0.39 is 15.1 Å². The van der Waals surface area contributed by atoms with E-state index in [1.807, 2.05) is 36.6 Å². The lowest BCUT2D eigenvalue weighted by Gasteiger charge is -2.30. The molecule has 0 fully saturated rings. The number of benzene rings is 3. The van der Waals surface area contributed by atoms with Crippen LogP contribution in [-0.4, -0.2) is 13.7 Å². The van der Waals surface area contributed by atoms with Crippen LogP contribution in [0.4, 0.5) is 0 Å². The van der Waals surface area contributed by atoms with Gasteiger partial charge in [-0.1, -0.05) is 78.9 Å². The largest absolute Gasteiger partial charge is 0.364 e. The van der Waals surface area contributed by atoms with E-state index in [0.717, 1.165) is 22.6 Å². The van der Waals surface area contributed by atoms with Crippen molar-refractivity contribution >= 4 is 22.0 Å². The number of hydrogen-bond donors (Lipinski definition) is 1. The number of allylic oxidation sites excluding steroid dienone is 5. The summed E-state index contributed by atoms with van der Waals surface area (Å²) in [6.07, 6.45) is 15.5. The van der Waals surface area contributed by atoms with Crippen molar-refractivity contribution in [1.29, 1.82) is 0 Å². The van der Waals surface area contributed by atoms with Crippen LogP contribution >= 0.6 is 0 Å². The number of sulfone groups is 1. The predicted octanol–water partition coefficient (Wildman–Crippen LogP) is 4.36. The van der Waals surface area contributed by atoms with Crippen molar-refractivity contribution in [1.82, 2.24) is 5.32 Å². The normalized spacial score (nSPS) is 20.4. The lowest BCUT2D eigenvalue weighted by molar-refractivity contribution is 0.575. The molecule has 0 aromatic heterocycles. The topological polar surface area (TPSA) is 46.2 Å². The van der Waals surface area contributed by atoms with Gasteiger partial charge in [-0.15, -0.1) is 0 Å². The van der Waals surface area contributed by atoms with Crippen molar-refractivity contribution in [2.45, 2.75) is 28.9 Å². The van der Waals surface area contributed by atoms with Gasteiger partial charge in [0.15, 0.2) is 9.84 Å². The van der Waals surface area contributed by atoms with Crippen LogP contribution in [0.2, 0.25) is 0 Å². The van der Waals surface area contributed by atoms with E-state index in [2.05, 4.69) is 53.9 Å². The summed E-state index contributed by atoms with van der Waals surface area (Å²) in [7, 11) is -3.53. The highest BCUT2D eigenvalue weighted by Crippen LogP contribution is 2.35. The van der Waals surface area contributed by atoms with Gasteiger partial charge in [0.2, 0.25) is 0 Å². The van der Waals surface area contributed by atoms with Gasteiger partial charge in [0.05, 0.1) is 10.1 Å². The third-order valence-electron chi connectivity index (χ3n) is 7.04. The molecule has 0 radical (unpaired) electrons. The Balaban J connectivity index is 1.59. The summed E-state index contributed by atoms with van der Waals surface area (Å²) in [5.41, 5.74) is 5.91. The molecule has 168 valence electrons. The minimum absolute atomic E-state index is 0.0493. The van der Waals surface area contributed by atoms with Gasteiger partial charge in [-0.3, -0.25) is 0 Å². The zero-order chi connectivity index (χ0) is 23.1. The van der Waals surface area contributed by atoms with E-state index in [1.165, 1.54) is 22.3 Å². The first-order chi connectivity index (χ1) is 16.6. The van der Waals surface area contributed by atoms with Crippen LogP contribution in [0.5, 0.6) is 0 Å². The fraction of sp³-hybridized carbons (Fsp3) is 0.133. The summed E-state index contributed by atoms with van der Waals surface area (Å²) in [6, 6.07) is 21.7. The maximum atomic E-state index is 13.8. The minimum atomic E-state index is -3.53. The lowest BCUT2D eigenvalue weighted by atomic mass is 9.81. The van der Waals surface area contributed by atoms with Crippen LogP contribution in [0.3, 0.4) is 0 Å². The van der Waals surface area contributed by atoms with Crippen LogP contribution in [0.1, 0.15) is 23.5 Å². The van der Waals surface area contributed by atoms with E-state index in [4.69, 9.17) is 0 Å². The van der Waals surface area contributed by atoms with Gasteiger partial charge < -0.3 is 5.32 Å². The van der Waals surface area contributed by atoms with Crippen molar-refractivity contribution in [3.05, 3.63) is 124 Å². The van der Waals surface area contributed by atoms with Crippen LogP contribution in [0.25, 0.3) is 23.3 Å². The molecule has 6 rings (SSSR count). The molecule has 3 aromatic carbocycles. The molecule has 0 amide bonds. The van der Waals surface area contributed by atoms with Gasteiger partial charge in [-0.05, 0) is 69.8 Å². The molecule has 3 nitrogen and oxygen atoms in total. The molecule has 3 aromatic rings. The first kappa shape index (κ1) is 20.9. The van der Waals surface area contributed by atoms with Gasteiger partial charge in [0.1, 0.15) is 0 Å². The quantitative estimate of drug-likeness (QED) is 0.628. The molecular formula is C30H25NO2S. The zero-order valence-electron chi connectivity index (χ0n) is 18.7. The molecule has 1 aliphatic heterocycles. The Morgan fingerprint density at radius 1 is 0.794 bits per heavy atom. The highest BCUT2D eigenvalue weighted by atomic mass is 32.2. The van der Waals surface area contributed by atoms with Crippen molar-refractivity contribution in [3.63, 3.8) is 0 Å². The third-order valence-corrected chi connectivity index (χ3v) is 9.10. The van der Waals surface area contributed by atoms with Gasteiger partial charge in [-0.2, -0.15) is 0 Å². The Bertz CT molecular complexity index is 1600. The summed E-state index contributed by atoms with van der Waals surface area (Å²) in [5, 5.41) is 4.99. The second-order valence-corrected chi connectivity index (χ2v) is 11.1. The van der Waals surface area contributed by atoms with E-state index in [-0.39, 0.29) is 5.92 Å². The minimum Gasteiger partial charge on any atom is -0.364 e. The van der Waals surface area contributed by atoms with Crippen LogP contribution < -0.4 is 15.8 Å². The van der Waals surface area contributed by atoms with E-state index in [9.17, 15) is 8.42 Å². The molecule has 2 aliphatic carbocycles. The number of fused-ring (bicyclic) bond motifs is 5. The predicted molar refractivity (Wildman–Crippen MR) is 138 cm³/mol. The van der Waals surface area contributed by atoms with Crippen LogP contribution in [0, 0.1) is 0 Å². The monoisotopic (exact) mass is 463 g/mol. The molecule has 0 spiro atoms. The van der Waals surface area contributed by atoms with Gasteiger partial charge >= 0.3 is 0 Å². The Labute approximate surface area is 200 Å². The van der Waals surface area contributed by atoms with Crippen molar-refractivity contribution in [2.24, 2.45) is 0 Å². The smallest absolute Gasteiger partial charge is 0.184 e. The number of nitrogens with one attached hydrogen (secondary N) is 1. The summed E-state index contributed by atoms with van der Waals surface area (Å²) < 4.78 is 27.5. The summed E-state index contributed by atoms with van der Waals surface area (Å²) in [6.45, 7) is 0. The van der Waals surface area contributed by atoms with Crippen molar-refractivity contribution in [3.8, 4) is 11.1 Å².